The molecule has 1 N–H and O–H groups in total. The fourth-order valence-electron chi connectivity index (χ4n) is 3.60. The zero-order valence-corrected chi connectivity index (χ0v) is 17.8. The first-order valence-electron chi connectivity index (χ1n) is 10.0. The minimum absolute atomic E-state index is 0.130. The molecule has 29 heavy (non-hydrogen) atoms. The standard InChI is InChI=1S/C22H28N2O4S/c1-3-17-16-18(12-13-21(17)28-2)29(26,27)23-20-11-7-6-10-19(20)22(25)24-14-8-4-5-9-15-24/h6-7,10-13,16,23H,3-5,8-9,14-15H2,1-2H3. The number of hydrogen-bond donors (Lipinski definition) is 1. The number of anilines is 1. The van der Waals surface area contributed by atoms with Crippen LogP contribution in [0.5, 0.6) is 5.75 Å². The van der Waals surface area contributed by atoms with Gasteiger partial charge in [-0.2, -0.15) is 0 Å². The molecule has 2 aromatic carbocycles. The minimum Gasteiger partial charge on any atom is -0.496 e. The first-order chi connectivity index (χ1) is 14.0. The average Bonchev–Trinajstić information content (AvgIpc) is 3.02. The molecule has 2 aromatic rings. The highest BCUT2D eigenvalue weighted by molar-refractivity contribution is 7.92. The number of aryl methyl sites for hydroxylation is 1. The van der Waals surface area contributed by atoms with Gasteiger partial charge in [-0.1, -0.05) is 31.9 Å². The van der Waals surface area contributed by atoms with Gasteiger partial charge in [0, 0.05) is 13.1 Å². The highest BCUT2D eigenvalue weighted by atomic mass is 32.2. The van der Waals surface area contributed by atoms with Gasteiger partial charge in [0.15, 0.2) is 0 Å². The quantitative estimate of drug-likeness (QED) is 0.770. The van der Waals surface area contributed by atoms with Gasteiger partial charge in [-0.25, -0.2) is 8.42 Å². The summed E-state index contributed by atoms with van der Waals surface area (Å²) in [5.41, 5.74) is 1.49. The Balaban J connectivity index is 1.89. The molecule has 0 spiro atoms. The molecule has 1 saturated heterocycles. The molecule has 1 heterocycles. The lowest BCUT2D eigenvalue weighted by Gasteiger charge is -2.22. The number of benzene rings is 2. The number of carbonyl (C=O) groups is 1. The van der Waals surface area contributed by atoms with Gasteiger partial charge in [-0.15, -0.1) is 0 Å². The Hall–Kier alpha value is -2.54. The maximum atomic E-state index is 13.1. The highest BCUT2D eigenvalue weighted by Gasteiger charge is 2.23. The van der Waals surface area contributed by atoms with Gasteiger partial charge in [0.25, 0.3) is 15.9 Å². The average molecular weight is 417 g/mol. The first-order valence-corrected chi connectivity index (χ1v) is 11.5. The molecule has 7 heteroatoms. The summed E-state index contributed by atoms with van der Waals surface area (Å²) in [5.74, 6) is 0.525. The third kappa shape index (κ3) is 4.90. The van der Waals surface area contributed by atoms with E-state index in [1.54, 1.807) is 43.5 Å². The van der Waals surface area contributed by atoms with Crippen molar-refractivity contribution in [2.75, 3.05) is 24.9 Å². The Morgan fingerprint density at radius 2 is 1.76 bits per heavy atom. The van der Waals surface area contributed by atoms with E-state index in [0.29, 0.717) is 36.5 Å². The lowest BCUT2D eigenvalue weighted by atomic mass is 10.1. The van der Waals surface area contributed by atoms with Crippen molar-refractivity contribution in [3.05, 3.63) is 53.6 Å². The second-order valence-corrected chi connectivity index (χ2v) is 8.87. The van der Waals surface area contributed by atoms with Crippen LogP contribution in [0.1, 0.15) is 48.5 Å². The lowest BCUT2D eigenvalue weighted by Crippen LogP contribution is -2.32. The molecule has 6 nitrogen and oxygen atoms in total. The summed E-state index contributed by atoms with van der Waals surface area (Å²) in [6.45, 7) is 3.35. The van der Waals surface area contributed by atoms with Crippen molar-refractivity contribution >= 4 is 21.6 Å². The highest BCUT2D eigenvalue weighted by Crippen LogP contribution is 2.26. The summed E-state index contributed by atoms with van der Waals surface area (Å²) in [6, 6.07) is 11.6. The van der Waals surface area contributed by atoms with E-state index >= 15 is 0 Å². The lowest BCUT2D eigenvalue weighted by molar-refractivity contribution is 0.0762. The number of ether oxygens (including phenoxy) is 1. The van der Waals surface area contributed by atoms with Crippen molar-refractivity contribution in [1.82, 2.24) is 4.90 Å². The van der Waals surface area contributed by atoms with E-state index in [-0.39, 0.29) is 10.8 Å². The van der Waals surface area contributed by atoms with Gasteiger partial charge in [0.2, 0.25) is 0 Å². The SMILES string of the molecule is CCc1cc(S(=O)(=O)Nc2ccccc2C(=O)N2CCCCCC2)ccc1OC. The van der Waals surface area contributed by atoms with Crippen LogP contribution in [0.15, 0.2) is 47.4 Å². The van der Waals surface area contributed by atoms with Gasteiger partial charge >= 0.3 is 0 Å². The molecule has 0 saturated carbocycles. The number of methoxy groups -OCH3 is 1. The molecule has 1 fully saturated rings. The smallest absolute Gasteiger partial charge is 0.261 e. The molecule has 0 aliphatic carbocycles. The van der Waals surface area contributed by atoms with Crippen molar-refractivity contribution < 1.29 is 17.9 Å². The molecule has 156 valence electrons. The van der Waals surface area contributed by atoms with E-state index in [4.69, 9.17) is 4.74 Å². The third-order valence-electron chi connectivity index (χ3n) is 5.24. The zero-order valence-electron chi connectivity index (χ0n) is 17.0. The molecular weight excluding hydrogens is 388 g/mol. The molecule has 0 bridgehead atoms. The van der Waals surface area contributed by atoms with Crippen LogP contribution in [0, 0.1) is 0 Å². The third-order valence-corrected chi connectivity index (χ3v) is 6.60. The van der Waals surface area contributed by atoms with Gasteiger partial charge < -0.3 is 9.64 Å². The van der Waals surface area contributed by atoms with Crippen molar-refractivity contribution in [1.29, 1.82) is 0 Å². The van der Waals surface area contributed by atoms with Gasteiger partial charge in [-0.05, 0) is 55.2 Å². The van der Waals surface area contributed by atoms with E-state index in [1.165, 1.54) is 6.07 Å². The van der Waals surface area contributed by atoms with E-state index in [9.17, 15) is 13.2 Å². The maximum Gasteiger partial charge on any atom is 0.261 e. The summed E-state index contributed by atoms with van der Waals surface area (Å²) in [4.78, 5) is 15.0. The number of nitrogens with one attached hydrogen (secondary N) is 1. The van der Waals surface area contributed by atoms with E-state index in [0.717, 1.165) is 31.2 Å². The molecule has 0 radical (unpaired) electrons. The topological polar surface area (TPSA) is 75.7 Å². The maximum absolute atomic E-state index is 13.1. The minimum atomic E-state index is -3.84. The van der Waals surface area contributed by atoms with Crippen molar-refractivity contribution in [2.45, 2.75) is 43.9 Å². The van der Waals surface area contributed by atoms with Crippen LogP contribution in [-0.2, 0) is 16.4 Å². The number of nitrogens with zero attached hydrogens (tertiary/aromatic N) is 1. The molecule has 1 amide bonds. The van der Waals surface area contributed by atoms with Crippen LogP contribution in [0.2, 0.25) is 0 Å². The van der Waals surface area contributed by atoms with Crippen molar-refractivity contribution in [3.63, 3.8) is 0 Å². The van der Waals surface area contributed by atoms with Gasteiger partial charge in [0.1, 0.15) is 5.75 Å². The zero-order chi connectivity index (χ0) is 20.9. The van der Waals surface area contributed by atoms with Gasteiger partial charge in [0.05, 0.1) is 23.3 Å². The predicted octanol–water partition coefficient (Wildman–Crippen LogP) is 4.07. The van der Waals surface area contributed by atoms with Crippen LogP contribution in [0.3, 0.4) is 0 Å². The molecule has 0 aromatic heterocycles. The number of rotatable bonds is 6. The Bertz CT molecular complexity index is 965. The number of sulfonamides is 1. The van der Waals surface area contributed by atoms with Crippen molar-refractivity contribution in [3.8, 4) is 5.75 Å². The summed E-state index contributed by atoms with van der Waals surface area (Å²) in [7, 11) is -2.28. The Morgan fingerprint density at radius 3 is 2.41 bits per heavy atom. The summed E-state index contributed by atoms with van der Waals surface area (Å²) < 4.78 is 33.9. The monoisotopic (exact) mass is 416 g/mol. The van der Waals surface area contributed by atoms with Crippen LogP contribution >= 0.6 is 0 Å². The van der Waals surface area contributed by atoms with E-state index < -0.39 is 10.0 Å². The number of para-hydroxylation sites is 1. The molecule has 0 atom stereocenters. The van der Waals surface area contributed by atoms with Crippen LogP contribution in [0.25, 0.3) is 0 Å². The Morgan fingerprint density at radius 1 is 1.07 bits per heavy atom. The fraction of sp³-hybridized carbons (Fsp3) is 0.409. The molecule has 1 aliphatic rings. The predicted molar refractivity (Wildman–Crippen MR) is 114 cm³/mol. The van der Waals surface area contributed by atoms with E-state index in [1.807, 2.05) is 11.8 Å². The molecule has 0 unspecified atom stereocenters. The second-order valence-electron chi connectivity index (χ2n) is 7.18. The number of amides is 1. The van der Waals surface area contributed by atoms with E-state index in [2.05, 4.69) is 4.72 Å². The Labute approximate surface area is 172 Å². The van der Waals surface area contributed by atoms with Crippen LogP contribution in [-0.4, -0.2) is 39.4 Å². The van der Waals surface area contributed by atoms with Crippen LogP contribution < -0.4 is 9.46 Å². The molecule has 1 aliphatic heterocycles. The fourth-order valence-corrected chi connectivity index (χ4v) is 4.73. The Kier molecular flexibility index (Phi) is 6.79. The summed E-state index contributed by atoms with van der Waals surface area (Å²) in [6.07, 6.45) is 4.84. The second kappa shape index (κ2) is 9.31. The number of likely N-dealkylation sites (tertiary alicyclic amines) is 1. The first kappa shape index (κ1) is 21.2. The number of carbonyl (C=O) groups excluding carboxylic acids is 1. The summed E-state index contributed by atoms with van der Waals surface area (Å²) in [5, 5.41) is 0. The number of hydrogen-bond acceptors (Lipinski definition) is 4. The van der Waals surface area contributed by atoms with Crippen molar-refractivity contribution in [2.24, 2.45) is 0 Å². The van der Waals surface area contributed by atoms with Crippen LogP contribution in [0.4, 0.5) is 5.69 Å². The molecule has 3 rings (SSSR count). The largest absolute Gasteiger partial charge is 0.496 e. The normalized spacial score (nSPS) is 14.9. The molecular formula is C22H28N2O4S. The van der Waals surface area contributed by atoms with Gasteiger partial charge in [-0.3, -0.25) is 9.52 Å². The summed E-state index contributed by atoms with van der Waals surface area (Å²) >= 11 is 0.